The third-order valence-electron chi connectivity index (χ3n) is 3.14. The lowest BCUT2D eigenvalue weighted by molar-refractivity contribution is 0.0900. The van der Waals surface area contributed by atoms with E-state index in [0.717, 1.165) is 0 Å². The van der Waals surface area contributed by atoms with Crippen molar-refractivity contribution in [3.63, 3.8) is 0 Å². The quantitative estimate of drug-likeness (QED) is 0.595. The van der Waals surface area contributed by atoms with Gasteiger partial charge in [-0.1, -0.05) is 12.2 Å². The van der Waals surface area contributed by atoms with Gasteiger partial charge < -0.3 is 15.5 Å². The maximum atomic E-state index is 12.2. The van der Waals surface area contributed by atoms with Crippen LogP contribution in [-0.4, -0.2) is 22.0 Å². The van der Waals surface area contributed by atoms with Gasteiger partial charge in [0, 0.05) is 11.3 Å². The number of carbonyl (C=O) groups is 1. The van der Waals surface area contributed by atoms with Crippen molar-refractivity contribution in [1.82, 2.24) is 0 Å². The van der Waals surface area contributed by atoms with Crippen LogP contribution in [0.2, 0.25) is 0 Å². The molecular formula is C13H11NO3. The third-order valence-corrected chi connectivity index (χ3v) is 3.14. The first-order valence-corrected chi connectivity index (χ1v) is 5.38. The molecule has 4 nitrogen and oxygen atoms in total. The molecule has 0 amide bonds. The van der Waals surface area contributed by atoms with Crippen LogP contribution in [0.3, 0.4) is 0 Å². The van der Waals surface area contributed by atoms with Crippen LogP contribution in [0.15, 0.2) is 42.2 Å². The Kier molecular flexibility index (Phi) is 1.98. The smallest absolute Gasteiger partial charge is 0.178 e. The fourth-order valence-electron chi connectivity index (χ4n) is 2.31. The summed E-state index contributed by atoms with van der Waals surface area (Å²) in [4.78, 5) is 12.2. The molecule has 17 heavy (non-hydrogen) atoms. The van der Waals surface area contributed by atoms with Gasteiger partial charge in [-0.05, 0) is 24.3 Å². The maximum absolute atomic E-state index is 12.2. The largest absolute Gasteiger partial charge is 0.511 e. The summed E-state index contributed by atoms with van der Waals surface area (Å²) in [5.74, 6) is -0.650. The first-order valence-electron chi connectivity index (χ1n) is 5.38. The van der Waals surface area contributed by atoms with Crippen molar-refractivity contribution < 1.29 is 15.0 Å². The van der Waals surface area contributed by atoms with Gasteiger partial charge in [0.25, 0.3) is 0 Å². The molecule has 3 N–H and O–H groups in total. The van der Waals surface area contributed by atoms with Crippen LogP contribution in [0.1, 0.15) is 10.4 Å². The monoisotopic (exact) mass is 229 g/mol. The van der Waals surface area contributed by atoms with Crippen molar-refractivity contribution in [1.29, 1.82) is 0 Å². The van der Waals surface area contributed by atoms with Gasteiger partial charge in [0.05, 0.1) is 6.04 Å². The Labute approximate surface area is 97.9 Å². The lowest BCUT2D eigenvalue weighted by Gasteiger charge is -2.32. The minimum absolute atomic E-state index is 0.0483. The summed E-state index contributed by atoms with van der Waals surface area (Å²) >= 11 is 0. The molecule has 0 saturated carbocycles. The maximum Gasteiger partial charge on any atom is 0.178 e. The van der Waals surface area contributed by atoms with Gasteiger partial charge in [0.2, 0.25) is 0 Å². The Bertz CT molecular complexity index is 560. The van der Waals surface area contributed by atoms with E-state index in [-0.39, 0.29) is 23.3 Å². The van der Waals surface area contributed by atoms with E-state index in [0.29, 0.717) is 11.3 Å². The molecule has 1 aromatic rings. The van der Waals surface area contributed by atoms with Crippen molar-refractivity contribution >= 4 is 11.5 Å². The number of aromatic hydroxyl groups is 1. The zero-order chi connectivity index (χ0) is 12.0. The number of carbonyl (C=O) groups excluding carboxylic acids is 1. The molecule has 2 unspecified atom stereocenters. The molecule has 2 atom stereocenters. The first kappa shape index (κ1) is 9.96. The number of Topliss-reactive ketones (excluding diaryl/α,β-unsaturated/α-hetero) is 1. The molecule has 0 radical (unpaired) electrons. The number of phenolic OH excluding ortho intramolecular Hbond substituents is 1. The van der Waals surface area contributed by atoms with Crippen molar-refractivity contribution in [2.24, 2.45) is 5.92 Å². The summed E-state index contributed by atoms with van der Waals surface area (Å²) in [5, 5.41) is 22.3. The Hall–Kier alpha value is -2.23. The van der Waals surface area contributed by atoms with Gasteiger partial charge >= 0.3 is 0 Å². The number of rotatable bonds is 0. The van der Waals surface area contributed by atoms with E-state index >= 15 is 0 Å². The van der Waals surface area contributed by atoms with Gasteiger partial charge in [0.1, 0.15) is 17.4 Å². The van der Waals surface area contributed by atoms with Crippen LogP contribution < -0.4 is 5.32 Å². The SMILES string of the molecule is O=C1c2cc(O)ccc2NC2C=CC=C(O)C12. The fraction of sp³-hybridized carbons (Fsp3) is 0.154. The molecule has 2 aliphatic rings. The van der Waals surface area contributed by atoms with Crippen molar-refractivity contribution in [3.05, 3.63) is 47.7 Å². The molecule has 86 valence electrons. The molecule has 0 spiro atoms. The summed E-state index contributed by atoms with van der Waals surface area (Å²) in [5.41, 5.74) is 1.11. The fourth-order valence-corrected chi connectivity index (χ4v) is 2.31. The van der Waals surface area contributed by atoms with Gasteiger partial charge in [0.15, 0.2) is 5.78 Å². The Morgan fingerprint density at radius 1 is 1.24 bits per heavy atom. The second-order valence-electron chi connectivity index (χ2n) is 4.22. The van der Waals surface area contributed by atoms with E-state index in [9.17, 15) is 15.0 Å². The number of aliphatic hydroxyl groups excluding tert-OH is 1. The zero-order valence-corrected chi connectivity index (χ0v) is 8.92. The number of phenols is 1. The molecule has 1 aliphatic carbocycles. The highest BCUT2D eigenvalue weighted by atomic mass is 16.3. The minimum atomic E-state index is -0.589. The summed E-state index contributed by atoms with van der Waals surface area (Å²) in [7, 11) is 0. The van der Waals surface area contributed by atoms with Crippen molar-refractivity contribution in [2.45, 2.75) is 6.04 Å². The number of hydrogen-bond donors (Lipinski definition) is 3. The molecule has 0 fully saturated rings. The van der Waals surface area contributed by atoms with E-state index in [1.165, 1.54) is 18.2 Å². The van der Waals surface area contributed by atoms with E-state index in [1.807, 2.05) is 6.08 Å². The molecule has 3 rings (SSSR count). The predicted octanol–water partition coefficient (Wildman–Crippen LogP) is 2.00. The Morgan fingerprint density at radius 2 is 2.06 bits per heavy atom. The second kappa shape index (κ2) is 3.38. The Balaban J connectivity index is 2.12. The normalized spacial score (nSPS) is 25.6. The lowest BCUT2D eigenvalue weighted by atomic mass is 9.82. The number of hydrogen-bond acceptors (Lipinski definition) is 4. The standard InChI is InChI=1S/C13H11NO3/c15-7-4-5-9-8(6-7)13(17)12-10(14-9)2-1-3-11(12)16/h1-6,10,12,14-16H. The molecule has 0 bridgehead atoms. The average molecular weight is 229 g/mol. The minimum Gasteiger partial charge on any atom is -0.511 e. The van der Waals surface area contributed by atoms with Gasteiger partial charge in [-0.3, -0.25) is 4.79 Å². The highest BCUT2D eigenvalue weighted by molar-refractivity contribution is 6.07. The average Bonchev–Trinajstić information content (AvgIpc) is 2.30. The van der Waals surface area contributed by atoms with E-state index < -0.39 is 5.92 Å². The number of ketones is 1. The van der Waals surface area contributed by atoms with Gasteiger partial charge in [-0.2, -0.15) is 0 Å². The van der Waals surface area contributed by atoms with E-state index in [1.54, 1.807) is 12.1 Å². The molecule has 4 heteroatoms. The van der Waals surface area contributed by atoms with Crippen LogP contribution in [0, 0.1) is 5.92 Å². The number of fused-ring (bicyclic) bond motifs is 2. The van der Waals surface area contributed by atoms with Crippen molar-refractivity contribution in [2.75, 3.05) is 5.32 Å². The van der Waals surface area contributed by atoms with Crippen molar-refractivity contribution in [3.8, 4) is 5.75 Å². The third kappa shape index (κ3) is 1.41. The first-order chi connectivity index (χ1) is 8.16. The summed E-state index contributed by atoms with van der Waals surface area (Å²) in [6.07, 6.45) is 5.09. The molecule has 1 heterocycles. The summed E-state index contributed by atoms with van der Waals surface area (Å²) < 4.78 is 0. The number of anilines is 1. The predicted molar refractivity (Wildman–Crippen MR) is 63.2 cm³/mol. The number of aliphatic hydroxyl groups is 1. The van der Waals surface area contributed by atoms with Crippen LogP contribution in [0.25, 0.3) is 0 Å². The highest BCUT2D eigenvalue weighted by Gasteiger charge is 2.37. The summed E-state index contributed by atoms with van der Waals surface area (Å²) in [6, 6.07) is 4.40. The topological polar surface area (TPSA) is 69.6 Å². The molecular weight excluding hydrogens is 218 g/mol. The molecule has 1 aliphatic heterocycles. The molecule has 1 aromatic carbocycles. The summed E-state index contributed by atoms with van der Waals surface area (Å²) in [6.45, 7) is 0. The zero-order valence-electron chi connectivity index (χ0n) is 8.92. The number of allylic oxidation sites excluding steroid dienone is 2. The van der Waals surface area contributed by atoms with Crippen LogP contribution >= 0.6 is 0 Å². The van der Waals surface area contributed by atoms with E-state index in [4.69, 9.17) is 0 Å². The lowest BCUT2D eigenvalue weighted by Crippen LogP contribution is -2.40. The Morgan fingerprint density at radius 3 is 2.88 bits per heavy atom. The highest BCUT2D eigenvalue weighted by Crippen LogP contribution is 2.35. The molecule has 0 aromatic heterocycles. The van der Waals surface area contributed by atoms with E-state index in [2.05, 4.69) is 5.32 Å². The second-order valence-corrected chi connectivity index (χ2v) is 4.22. The number of benzene rings is 1. The van der Waals surface area contributed by atoms with Crippen LogP contribution in [0.5, 0.6) is 5.75 Å². The number of nitrogens with one attached hydrogen (secondary N) is 1. The van der Waals surface area contributed by atoms with Gasteiger partial charge in [-0.15, -0.1) is 0 Å². The van der Waals surface area contributed by atoms with Crippen LogP contribution in [-0.2, 0) is 0 Å². The van der Waals surface area contributed by atoms with Gasteiger partial charge in [-0.25, -0.2) is 0 Å². The van der Waals surface area contributed by atoms with Crippen LogP contribution in [0.4, 0.5) is 5.69 Å². The molecule has 0 saturated heterocycles.